The highest BCUT2D eigenvalue weighted by molar-refractivity contribution is 7.89. The number of nitrogen functional groups attached to an aromatic ring is 1. The van der Waals surface area contributed by atoms with Crippen molar-refractivity contribution in [2.24, 2.45) is 11.7 Å². The van der Waals surface area contributed by atoms with Crippen LogP contribution in [-0.4, -0.2) is 31.7 Å². The SMILES string of the molecule is NC(=O)C1CCN(S(=O)(=O)c2cc(Cl)cc(N)c2F)CC1. The number of nitrogens with zero attached hydrogens (tertiary/aromatic N) is 1. The molecule has 1 aromatic rings. The molecular formula is C12H15ClFN3O3S. The standard InChI is InChI=1S/C12H15ClFN3O3S/c13-8-5-9(15)11(14)10(6-8)21(19,20)17-3-1-7(2-4-17)12(16)18/h5-7H,1-4,15H2,(H2,16,18). The molecule has 116 valence electrons. The number of primary amides is 1. The highest BCUT2D eigenvalue weighted by Crippen LogP contribution is 2.29. The van der Waals surface area contributed by atoms with Gasteiger partial charge in [-0.1, -0.05) is 11.6 Å². The second-order valence-electron chi connectivity index (χ2n) is 4.89. The maximum atomic E-state index is 14.0. The summed E-state index contributed by atoms with van der Waals surface area (Å²) in [6.45, 7) is 0.198. The smallest absolute Gasteiger partial charge is 0.246 e. The van der Waals surface area contributed by atoms with Crippen molar-refractivity contribution in [3.05, 3.63) is 23.0 Å². The number of piperidine rings is 1. The van der Waals surface area contributed by atoms with Crippen LogP contribution < -0.4 is 11.5 Å². The van der Waals surface area contributed by atoms with Gasteiger partial charge in [-0.15, -0.1) is 0 Å². The minimum Gasteiger partial charge on any atom is -0.396 e. The Labute approximate surface area is 126 Å². The minimum atomic E-state index is -4.05. The molecule has 0 saturated carbocycles. The van der Waals surface area contributed by atoms with Crippen LogP contribution in [0.15, 0.2) is 17.0 Å². The van der Waals surface area contributed by atoms with Gasteiger partial charge in [0.05, 0.1) is 5.69 Å². The normalized spacial score (nSPS) is 17.8. The molecule has 0 spiro atoms. The van der Waals surface area contributed by atoms with Crippen LogP contribution in [0.5, 0.6) is 0 Å². The molecule has 21 heavy (non-hydrogen) atoms. The predicted octanol–water partition coefficient (Wildman–Crippen LogP) is 0.947. The van der Waals surface area contributed by atoms with Crippen LogP contribution in [0.2, 0.25) is 5.02 Å². The van der Waals surface area contributed by atoms with Crippen molar-refractivity contribution in [1.82, 2.24) is 4.31 Å². The number of carbonyl (C=O) groups is 1. The molecule has 0 unspecified atom stereocenters. The summed E-state index contributed by atoms with van der Waals surface area (Å²) in [5.74, 6) is -1.83. The second-order valence-corrected chi connectivity index (χ2v) is 7.23. The first-order valence-electron chi connectivity index (χ1n) is 6.27. The highest BCUT2D eigenvalue weighted by atomic mass is 35.5. The molecule has 6 nitrogen and oxygen atoms in total. The number of nitrogens with two attached hydrogens (primary N) is 2. The molecule has 1 amide bonds. The Kier molecular flexibility index (Phi) is 4.40. The lowest BCUT2D eigenvalue weighted by atomic mass is 9.98. The number of carbonyl (C=O) groups excluding carboxylic acids is 1. The summed E-state index contributed by atoms with van der Waals surface area (Å²) < 4.78 is 40.0. The summed E-state index contributed by atoms with van der Waals surface area (Å²) in [6, 6.07) is 2.18. The van der Waals surface area contributed by atoms with E-state index in [1.165, 1.54) is 0 Å². The first-order valence-corrected chi connectivity index (χ1v) is 8.09. The molecule has 1 aliphatic heterocycles. The van der Waals surface area contributed by atoms with Crippen molar-refractivity contribution in [3.63, 3.8) is 0 Å². The summed E-state index contributed by atoms with van der Waals surface area (Å²) in [6.07, 6.45) is 0.623. The fourth-order valence-electron chi connectivity index (χ4n) is 2.29. The van der Waals surface area contributed by atoms with Crippen molar-refractivity contribution >= 4 is 33.2 Å². The quantitative estimate of drug-likeness (QED) is 0.802. The Bertz CT molecular complexity index is 673. The van der Waals surface area contributed by atoms with Crippen molar-refractivity contribution in [2.45, 2.75) is 17.7 Å². The van der Waals surface area contributed by atoms with Crippen molar-refractivity contribution in [2.75, 3.05) is 18.8 Å². The van der Waals surface area contributed by atoms with Crippen molar-refractivity contribution < 1.29 is 17.6 Å². The number of rotatable bonds is 3. The molecule has 0 aromatic heterocycles. The summed E-state index contributed by atoms with van der Waals surface area (Å²) in [4.78, 5) is 10.5. The first kappa shape index (κ1) is 16.0. The van der Waals surface area contributed by atoms with Crippen LogP contribution in [0.1, 0.15) is 12.8 Å². The monoisotopic (exact) mass is 335 g/mol. The molecule has 0 radical (unpaired) electrons. The van der Waals surface area contributed by atoms with Crippen LogP contribution in [-0.2, 0) is 14.8 Å². The summed E-state index contributed by atoms with van der Waals surface area (Å²) >= 11 is 5.74. The van der Waals surface area contributed by atoms with Crippen LogP contribution in [0.3, 0.4) is 0 Å². The van der Waals surface area contributed by atoms with E-state index in [-0.39, 0.29) is 29.7 Å². The van der Waals surface area contributed by atoms with Crippen LogP contribution in [0.25, 0.3) is 0 Å². The van der Waals surface area contributed by atoms with Gasteiger partial charge in [0.25, 0.3) is 0 Å². The Morgan fingerprint density at radius 3 is 2.43 bits per heavy atom. The van der Waals surface area contributed by atoms with Crippen molar-refractivity contribution in [3.8, 4) is 0 Å². The number of benzene rings is 1. The average Bonchev–Trinajstić information content (AvgIpc) is 2.42. The van der Waals surface area contributed by atoms with Gasteiger partial charge in [-0.3, -0.25) is 4.79 Å². The number of halogens is 2. The number of hydrogen-bond acceptors (Lipinski definition) is 4. The third-order valence-corrected chi connectivity index (χ3v) is 5.62. The molecule has 0 bridgehead atoms. The van der Waals surface area contributed by atoms with Gasteiger partial charge in [-0.2, -0.15) is 4.31 Å². The van der Waals surface area contributed by atoms with E-state index in [0.717, 1.165) is 16.4 Å². The lowest BCUT2D eigenvalue weighted by molar-refractivity contribution is -0.122. The molecule has 1 fully saturated rings. The van der Waals surface area contributed by atoms with Crippen LogP contribution in [0, 0.1) is 11.7 Å². The summed E-state index contributed by atoms with van der Waals surface area (Å²) in [5, 5.41) is 0.0412. The molecule has 0 aliphatic carbocycles. The number of amides is 1. The molecule has 2 rings (SSSR count). The van der Waals surface area contributed by atoms with Crippen LogP contribution >= 0.6 is 11.6 Å². The second kappa shape index (κ2) is 5.78. The number of sulfonamides is 1. The Balaban J connectivity index is 2.30. The van der Waals surface area contributed by atoms with Crippen molar-refractivity contribution in [1.29, 1.82) is 0 Å². The van der Waals surface area contributed by atoms with Gasteiger partial charge in [0.2, 0.25) is 15.9 Å². The molecule has 9 heteroatoms. The molecule has 0 atom stereocenters. The fourth-order valence-corrected chi connectivity index (χ4v) is 4.17. The van der Waals surface area contributed by atoms with Gasteiger partial charge < -0.3 is 11.5 Å². The summed E-state index contributed by atoms with van der Waals surface area (Å²) in [7, 11) is -4.05. The van der Waals surface area contributed by atoms with Gasteiger partial charge in [0, 0.05) is 24.0 Å². The van der Waals surface area contributed by atoms with E-state index >= 15 is 0 Å². The molecule has 1 aliphatic rings. The molecule has 1 heterocycles. The van der Waals surface area contributed by atoms with Gasteiger partial charge in [-0.05, 0) is 25.0 Å². The van der Waals surface area contributed by atoms with E-state index in [1.54, 1.807) is 0 Å². The zero-order valence-electron chi connectivity index (χ0n) is 11.1. The van der Waals surface area contributed by atoms with E-state index < -0.39 is 26.6 Å². The van der Waals surface area contributed by atoms with Crippen LogP contribution in [0.4, 0.5) is 10.1 Å². The molecule has 4 N–H and O–H groups in total. The zero-order chi connectivity index (χ0) is 15.8. The maximum absolute atomic E-state index is 14.0. The van der Waals surface area contributed by atoms with Gasteiger partial charge >= 0.3 is 0 Å². The van der Waals surface area contributed by atoms with Gasteiger partial charge in [0.15, 0.2) is 5.82 Å². The third-order valence-electron chi connectivity index (χ3n) is 3.51. The summed E-state index contributed by atoms with van der Waals surface area (Å²) in [5.41, 5.74) is 10.3. The van der Waals surface area contributed by atoms with E-state index in [9.17, 15) is 17.6 Å². The Morgan fingerprint density at radius 1 is 1.33 bits per heavy atom. The fraction of sp³-hybridized carbons (Fsp3) is 0.417. The molecule has 1 saturated heterocycles. The largest absolute Gasteiger partial charge is 0.396 e. The average molecular weight is 336 g/mol. The minimum absolute atomic E-state index is 0.0412. The third kappa shape index (κ3) is 3.12. The Morgan fingerprint density at radius 2 is 1.90 bits per heavy atom. The molecule has 1 aromatic carbocycles. The lowest BCUT2D eigenvalue weighted by Gasteiger charge is -2.29. The maximum Gasteiger partial charge on any atom is 0.246 e. The highest BCUT2D eigenvalue weighted by Gasteiger charge is 2.33. The van der Waals surface area contributed by atoms with E-state index in [0.29, 0.717) is 12.8 Å². The predicted molar refractivity (Wildman–Crippen MR) is 76.5 cm³/mol. The van der Waals surface area contributed by atoms with E-state index in [1.807, 2.05) is 0 Å². The first-order chi connectivity index (χ1) is 9.73. The Hall–Kier alpha value is -1.38. The van der Waals surface area contributed by atoms with E-state index in [4.69, 9.17) is 23.1 Å². The van der Waals surface area contributed by atoms with Gasteiger partial charge in [0.1, 0.15) is 4.90 Å². The molecular weight excluding hydrogens is 321 g/mol. The topological polar surface area (TPSA) is 106 Å². The van der Waals surface area contributed by atoms with E-state index in [2.05, 4.69) is 0 Å². The number of hydrogen-bond donors (Lipinski definition) is 2. The zero-order valence-corrected chi connectivity index (χ0v) is 12.6. The lowest BCUT2D eigenvalue weighted by Crippen LogP contribution is -2.41. The number of anilines is 1. The van der Waals surface area contributed by atoms with Gasteiger partial charge in [-0.25, -0.2) is 12.8 Å².